The van der Waals surface area contributed by atoms with Crippen LogP contribution in [0.5, 0.6) is 0 Å². The van der Waals surface area contributed by atoms with E-state index >= 15 is 0 Å². The molecule has 0 fully saturated rings. The largest absolute Gasteiger partial charge is 0.455 e. The van der Waals surface area contributed by atoms with Gasteiger partial charge in [-0.3, -0.25) is 0 Å². The Labute approximate surface area is 252 Å². The van der Waals surface area contributed by atoms with Crippen molar-refractivity contribution in [2.45, 2.75) is 0 Å². The fourth-order valence-corrected chi connectivity index (χ4v) is 7.74. The molecule has 0 spiro atoms. The summed E-state index contributed by atoms with van der Waals surface area (Å²) in [6.45, 7) is 0. The molecule has 202 valence electrons. The Hall–Kier alpha value is -5.38. The summed E-state index contributed by atoms with van der Waals surface area (Å²) in [5, 5.41) is 7.27. The van der Waals surface area contributed by atoms with Gasteiger partial charge in [0.1, 0.15) is 11.2 Å². The summed E-state index contributed by atoms with van der Waals surface area (Å²) in [4.78, 5) is 2.28. The highest BCUT2D eigenvalue weighted by molar-refractivity contribution is 7.26. The standard InChI is InChI=1S/C40H25NOS/c1-3-13-27(14-4-1)41(28-15-5-2-6-16-28)29-22-23-31-35-24-26-12-7-8-17-30(26)38(39(35)42-36(31)25-29)34-20-11-19-33-32-18-9-10-21-37(32)43-40(33)34/h1-25H. The Bertz CT molecular complexity index is 2420. The van der Waals surface area contributed by atoms with E-state index in [-0.39, 0.29) is 0 Å². The van der Waals surface area contributed by atoms with Crippen molar-refractivity contribution in [1.82, 2.24) is 0 Å². The SMILES string of the molecule is c1ccc(N(c2ccccc2)c2ccc3c(c2)oc2c(-c4cccc5c4sc4ccccc45)c4ccccc4cc23)cc1. The monoisotopic (exact) mass is 567 g/mol. The summed E-state index contributed by atoms with van der Waals surface area (Å²) in [5.41, 5.74) is 7.45. The van der Waals surface area contributed by atoms with E-state index in [0.717, 1.165) is 44.6 Å². The van der Waals surface area contributed by atoms with Crippen LogP contribution in [-0.4, -0.2) is 0 Å². The van der Waals surface area contributed by atoms with Crippen LogP contribution in [0.15, 0.2) is 156 Å². The number of hydrogen-bond donors (Lipinski definition) is 0. The van der Waals surface area contributed by atoms with Gasteiger partial charge in [0, 0.05) is 65.2 Å². The second-order valence-corrected chi connectivity index (χ2v) is 12.0. The first-order valence-corrected chi connectivity index (χ1v) is 15.3. The highest BCUT2D eigenvalue weighted by Crippen LogP contribution is 2.47. The predicted octanol–water partition coefficient (Wildman–Crippen LogP) is 12.2. The molecule has 0 aliphatic carbocycles. The lowest BCUT2D eigenvalue weighted by Gasteiger charge is -2.25. The molecule has 2 heterocycles. The Balaban J connectivity index is 1.33. The van der Waals surface area contributed by atoms with Crippen molar-refractivity contribution >= 4 is 81.3 Å². The van der Waals surface area contributed by atoms with Crippen LogP contribution in [0, 0.1) is 0 Å². The maximum Gasteiger partial charge on any atom is 0.143 e. The molecular formula is C40H25NOS. The molecule has 0 N–H and O–H groups in total. The van der Waals surface area contributed by atoms with Gasteiger partial charge in [0.15, 0.2) is 0 Å². The summed E-state index contributed by atoms with van der Waals surface area (Å²) in [5.74, 6) is 0. The molecule has 0 atom stereocenters. The van der Waals surface area contributed by atoms with Crippen molar-refractivity contribution in [2.24, 2.45) is 0 Å². The predicted molar refractivity (Wildman–Crippen MR) is 184 cm³/mol. The van der Waals surface area contributed by atoms with Gasteiger partial charge in [0.05, 0.1) is 0 Å². The average molecular weight is 568 g/mol. The van der Waals surface area contributed by atoms with Crippen molar-refractivity contribution in [3.05, 3.63) is 152 Å². The Morgan fingerprint density at radius 3 is 1.93 bits per heavy atom. The fraction of sp³-hybridized carbons (Fsp3) is 0. The lowest BCUT2D eigenvalue weighted by molar-refractivity contribution is 0.670. The minimum atomic E-state index is 0.879. The van der Waals surface area contributed by atoms with E-state index in [2.05, 4.69) is 157 Å². The maximum absolute atomic E-state index is 6.91. The third-order valence-corrected chi connectivity index (χ3v) is 9.65. The Kier molecular flexibility index (Phi) is 5.40. The van der Waals surface area contributed by atoms with E-state index in [1.165, 1.54) is 36.5 Å². The quantitative estimate of drug-likeness (QED) is 0.210. The van der Waals surface area contributed by atoms with Crippen LogP contribution in [0.3, 0.4) is 0 Å². The first-order chi connectivity index (χ1) is 21.3. The maximum atomic E-state index is 6.91. The third kappa shape index (κ3) is 3.79. The van der Waals surface area contributed by atoms with E-state index < -0.39 is 0 Å². The van der Waals surface area contributed by atoms with Gasteiger partial charge in [0.2, 0.25) is 0 Å². The fourth-order valence-electron chi connectivity index (χ4n) is 6.51. The molecule has 0 aliphatic heterocycles. The molecule has 3 heteroatoms. The smallest absolute Gasteiger partial charge is 0.143 e. The first kappa shape index (κ1) is 24.2. The summed E-state index contributed by atoms with van der Waals surface area (Å²) < 4.78 is 9.51. The van der Waals surface area contributed by atoms with Crippen LogP contribution in [-0.2, 0) is 0 Å². The van der Waals surface area contributed by atoms with Crippen LogP contribution in [0.2, 0.25) is 0 Å². The van der Waals surface area contributed by atoms with Crippen LogP contribution in [0.4, 0.5) is 17.1 Å². The minimum absolute atomic E-state index is 0.879. The van der Waals surface area contributed by atoms with E-state index in [1.807, 2.05) is 11.3 Å². The summed E-state index contributed by atoms with van der Waals surface area (Å²) >= 11 is 1.86. The Morgan fingerprint density at radius 1 is 0.465 bits per heavy atom. The van der Waals surface area contributed by atoms with Gasteiger partial charge >= 0.3 is 0 Å². The molecule has 7 aromatic carbocycles. The number of nitrogens with zero attached hydrogens (tertiary/aromatic N) is 1. The summed E-state index contributed by atoms with van der Waals surface area (Å²) in [7, 11) is 0. The molecule has 9 aromatic rings. The van der Waals surface area contributed by atoms with Crippen LogP contribution in [0.25, 0.3) is 64.0 Å². The van der Waals surface area contributed by atoms with E-state index in [1.54, 1.807) is 0 Å². The molecule has 43 heavy (non-hydrogen) atoms. The number of hydrogen-bond acceptors (Lipinski definition) is 3. The molecule has 0 saturated carbocycles. The zero-order chi connectivity index (χ0) is 28.3. The highest BCUT2D eigenvalue weighted by Gasteiger charge is 2.21. The molecule has 0 unspecified atom stereocenters. The molecule has 0 bridgehead atoms. The van der Waals surface area contributed by atoms with Crippen LogP contribution in [0.1, 0.15) is 0 Å². The lowest BCUT2D eigenvalue weighted by Crippen LogP contribution is -2.09. The van der Waals surface area contributed by atoms with Gasteiger partial charge in [-0.05, 0) is 59.3 Å². The van der Waals surface area contributed by atoms with Gasteiger partial charge < -0.3 is 9.32 Å². The molecule has 0 radical (unpaired) electrons. The third-order valence-electron chi connectivity index (χ3n) is 8.43. The zero-order valence-corrected chi connectivity index (χ0v) is 24.0. The van der Waals surface area contributed by atoms with Crippen molar-refractivity contribution < 1.29 is 4.42 Å². The van der Waals surface area contributed by atoms with Gasteiger partial charge in [0.25, 0.3) is 0 Å². The topological polar surface area (TPSA) is 16.4 Å². The average Bonchev–Trinajstić information content (AvgIpc) is 3.63. The minimum Gasteiger partial charge on any atom is -0.455 e. The zero-order valence-electron chi connectivity index (χ0n) is 23.2. The number of thiophene rings is 1. The molecule has 2 aromatic heterocycles. The van der Waals surface area contributed by atoms with E-state index in [0.29, 0.717) is 0 Å². The normalized spacial score (nSPS) is 11.7. The van der Waals surface area contributed by atoms with E-state index in [4.69, 9.17) is 4.42 Å². The second kappa shape index (κ2) is 9.59. The number of fused-ring (bicyclic) bond motifs is 7. The molecule has 0 aliphatic rings. The first-order valence-electron chi connectivity index (χ1n) is 14.5. The van der Waals surface area contributed by atoms with Crippen molar-refractivity contribution in [1.29, 1.82) is 0 Å². The van der Waals surface area contributed by atoms with Gasteiger partial charge in [-0.1, -0.05) is 97.1 Å². The van der Waals surface area contributed by atoms with Crippen LogP contribution >= 0.6 is 11.3 Å². The molecule has 2 nitrogen and oxygen atoms in total. The molecule has 9 rings (SSSR count). The second-order valence-electron chi connectivity index (χ2n) is 10.9. The number of anilines is 3. The van der Waals surface area contributed by atoms with Gasteiger partial charge in [-0.2, -0.15) is 0 Å². The number of para-hydroxylation sites is 2. The number of furan rings is 1. The van der Waals surface area contributed by atoms with Crippen molar-refractivity contribution in [3.8, 4) is 11.1 Å². The summed E-state index contributed by atoms with van der Waals surface area (Å²) in [6.07, 6.45) is 0. The van der Waals surface area contributed by atoms with Gasteiger partial charge in [-0.25, -0.2) is 0 Å². The molecule has 0 saturated heterocycles. The number of benzene rings is 7. The number of rotatable bonds is 4. The lowest BCUT2D eigenvalue weighted by atomic mass is 9.94. The Morgan fingerprint density at radius 2 is 1.14 bits per heavy atom. The van der Waals surface area contributed by atoms with Gasteiger partial charge in [-0.15, -0.1) is 11.3 Å². The van der Waals surface area contributed by atoms with Crippen LogP contribution < -0.4 is 4.90 Å². The highest BCUT2D eigenvalue weighted by atomic mass is 32.1. The molecular weight excluding hydrogens is 543 g/mol. The van der Waals surface area contributed by atoms with E-state index in [9.17, 15) is 0 Å². The molecule has 0 amide bonds. The van der Waals surface area contributed by atoms with Crippen molar-refractivity contribution in [3.63, 3.8) is 0 Å². The van der Waals surface area contributed by atoms with Crippen molar-refractivity contribution in [2.75, 3.05) is 4.90 Å². The summed E-state index contributed by atoms with van der Waals surface area (Å²) in [6, 6.07) is 54.0.